The first kappa shape index (κ1) is 15.4. The van der Waals surface area contributed by atoms with Crippen LogP contribution in [-0.4, -0.2) is 38.5 Å². The molecule has 0 bridgehead atoms. The van der Waals surface area contributed by atoms with Gasteiger partial charge in [-0.25, -0.2) is 19.4 Å². The first-order valence-corrected chi connectivity index (χ1v) is 7.26. The lowest BCUT2D eigenvalue weighted by Gasteiger charge is -2.07. The van der Waals surface area contributed by atoms with Crippen LogP contribution >= 0.6 is 0 Å². The van der Waals surface area contributed by atoms with Crippen LogP contribution in [0.25, 0.3) is 16.7 Å². The number of anilines is 1. The van der Waals surface area contributed by atoms with Crippen LogP contribution in [0.15, 0.2) is 35.4 Å². The summed E-state index contributed by atoms with van der Waals surface area (Å²) in [5.74, 6) is 0.616. The smallest absolute Gasteiger partial charge is 0.320 e. The van der Waals surface area contributed by atoms with Gasteiger partial charge in [0.15, 0.2) is 5.82 Å². The van der Waals surface area contributed by atoms with Crippen LogP contribution in [0.5, 0.6) is 0 Å². The molecular formula is C15H15N7O2. The summed E-state index contributed by atoms with van der Waals surface area (Å²) in [6.45, 7) is 2.25. The molecule has 3 heterocycles. The number of rotatable bonds is 4. The predicted molar refractivity (Wildman–Crippen MR) is 90.1 cm³/mol. The lowest BCUT2D eigenvalue weighted by molar-refractivity contribution is 0.252. The van der Waals surface area contributed by atoms with Gasteiger partial charge in [-0.05, 0) is 19.1 Å². The Hall–Kier alpha value is -3.49. The molecule has 0 radical (unpaired) electrons. The van der Waals surface area contributed by atoms with Gasteiger partial charge >= 0.3 is 6.03 Å². The maximum absolute atomic E-state index is 12.5. The Kier molecular flexibility index (Phi) is 4.06. The minimum Gasteiger partial charge on any atom is -0.338 e. The highest BCUT2D eigenvalue weighted by molar-refractivity contribution is 6.04. The minimum absolute atomic E-state index is 0.192. The Bertz CT molecular complexity index is 959. The van der Waals surface area contributed by atoms with Crippen molar-refractivity contribution in [2.45, 2.75) is 6.92 Å². The number of carbonyl (C=O) groups excluding carboxylic acids is 1. The summed E-state index contributed by atoms with van der Waals surface area (Å²) in [4.78, 5) is 32.4. The molecule has 9 heteroatoms. The van der Waals surface area contributed by atoms with Crippen LogP contribution in [0.2, 0.25) is 0 Å². The number of fused-ring (bicyclic) bond motifs is 1. The molecule has 3 aromatic rings. The Morgan fingerprint density at radius 1 is 1.42 bits per heavy atom. The Labute approximate surface area is 136 Å². The molecule has 122 valence electrons. The SMILES string of the molecule is CCNC(=O)Nc1ncc2c(=O)n(-c3ccccn3)[nH]c2c1C=N. The molecule has 0 aliphatic carbocycles. The van der Waals surface area contributed by atoms with Crippen molar-refractivity contribution in [3.05, 3.63) is 46.5 Å². The molecule has 3 rings (SSSR count). The van der Waals surface area contributed by atoms with E-state index >= 15 is 0 Å². The zero-order valence-electron chi connectivity index (χ0n) is 12.8. The average Bonchev–Trinajstić information content (AvgIpc) is 2.93. The molecule has 0 fully saturated rings. The van der Waals surface area contributed by atoms with Gasteiger partial charge in [-0.1, -0.05) is 6.07 Å². The van der Waals surface area contributed by atoms with Gasteiger partial charge in [0.25, 0.3) is 5.56 Å². The zero-order valence-corrected chi connectivity index (χ0v) is 12.8. The van der Waals surface area contributed by atoms with E-state index in [0.717, 1.165) is 6.21 Å². The summed E-state index contributed by atoms with van der Waals surface area (Å²) in [6.07, 6.45) is 3.98. The number of amides is 2. The van der Waals surface area contributed by atoms with Crippen molar-refractivity contribution in [3.63, 3.8) is 0 Å². The molecular weight excluding hydrogens is 310 g/mol. The van der Waals surface area contributed by atoms with E-state index in [4.69, 9.17) is 5.41 Å². The number of carbonyl (C=O) groups is 1. The van der Waals surface area contributed by atoms with Gasteiger partial charge in [-0.2, -0.15) is 0 Å². The second kappa shape index (κ2) is 6.32. The Morgan fingerprint density at radius 2 is 2.25 bits per heavy atom. The summed E-state index contributed by atoms with van der Waals surface area (Å²) in [5.41, 5.74) is 0.386. The molecule has 0 atom stereocenters. The summed E-state index contributed by atoms with van der Waals surface area (Å²) < 4.78 is 1.27. The van der Waals surface area contributed by atoms with Crippen LogP contribution < -0.4 is 16.2 Å². The van der Waals surface area contributed by atoms with Gasteiger partial charge in [0.2, 0.25) is 0 Å². The molecule has 0 aromatic carbocycles. The molecule has 24 heavy (non-hydrogen) atoms. The predicted octanol–water partition coefficient (Wildman–Crippen LogP) is 1.25. The van der Waals surface area contributed by atoms with Gasteiger partial charge in [0.05, 0.1) is 16.5 Å². The van der Waals surface area contributed by atoms with Crippen molar-refractivity contribution in [3.8, 4) is 5.82 Å². The van der Waals surface area contributed by atoms with Crippen molar-refractivity contribution >= 4 is 29.0 Å². The fourth-order valence-electron chi connectivity index (χ4n) is 2.29. The second-order valence-corrected chi connectivity index (χ2v) is 4.88. The van der Waals surface area contributed by atoms with Crippen LogP contribution in [0.4, 0.5) is 10.6 Å². The van der Waals surface area contributed by atoms with Crippen LogP contribution in [0.3, 0.4) is 0 Å². The molecule has 0 aliphatic heterocycles. The van der Waals surface area contributed by atoms with E-state index in [1.54, 1.807) is 31.3 Å². The highest BCUT2D eigenvalue weighted by Crippen LogP contribution is 2.19. The van der Waals surface area contributed by atoms with Gasteiger partial charge in [0.1, 0.15) is 5.82 Å². The van der Waals surface area contributed by atoms with E-state index in [1.807, 2.05) is 0 Å². The number of aromatic amines is 1. The molecule has 0 saturated heterocycles. The summed E-state index contributed by atoms with van der Waals surface area (Å²) in [5, 5.41) is 16.0. The number of H-pyrrole nitrogens is 1. The fraction of sp³-hybridized carbons (Fsp3) is 0.133. The molecule has 4 N–H and O–H groups in total. The molecule has 0 unspecified atom stereocenters. The molecule has 0 aliphatic rings. The molecule has 3 aromatic heterocycles. The van der Waals surface area contributed by atoms with Crippen LogP contribution in [-0.2, 0) is 0 Å². The number of aromatic nitrogens is 4. The highest BCUT2D eigenvalue weighted by atomic mass is 16.2. The molecule has 2 amide bonds. The van der Waals surface area contributed by atoms with E-state index in [9.17, 15) is 9.59 Å². The minimum atomic E-state index is -0.432. The van der Waals surface area contributed by atoms with E-state index in [0.29, 0.717) is 28.8 Å². The maximum atomic E-state index is 12.5. The number of hydrogen-bond donors (Lipinski definition) is 4. The van der Waals surface area contributed by atoms with E-state index < -0.39 is 6.03 Å². The largest absolute Gasteiger partial charge is 0.338 e. The van der Waals surface area contributed by atoms with Gasteiger partial charge in [0, 0.05) is 25.2 Å². The summed E-state index contributed by atoms with van der Waals surface area (Å²) in [6, 6.07) is 4.76. The van der Waals surface area contributed by atoms with E-state index in [1.165, 1.54) is 10.9 Å². The lowest BCUT2D eigenvalue weighted by atomic mass is 10.2. The van der Waals surface area contributed by atoms with Crippen LogP contribution in [0, 0.1) is 5.41 Å². The quantitative estimate of drug-likeness (QED) is 0.538. The summed E-state index contributed by atoms with van der Waals surface area (Å²) in [7, 11) is 0. The van der Waals surface area contributed by atoms with E-state index in [-0.39, 0.29) is 11.4 Å². The maximum Gasteiger partial charge on any atom is 0.320 e. The Morgan fingerprint density at radius 3 is 2.92 bits per heavy atom. The number of nitrogens with zero attached hydrogens (tertiary/aromatic N) is 3. The van der Waals surface area contributed by atoms with Gasteiger partial charge in [-0.3, -0.25) is 15.2 Å². The average molecular weight is 325 g/mol. The van der Waals surface area contributed by atoms with Gasteiger partial charge in [-0.15, -0.1) is 0 Å². The van der Waals surface area contributed by atoms with Crippen molar-refractivity contribution in [1.82, 2.24) is 25.1 Å². The fourth-order valence-corrected chi connectivity index (χ4v) is 2.29. The van der Waals surface area contributed by atoms with Crippen LogP contribution in [0.1, 0.15) is 12.5 Å². The van der Waals surface area contributed by atoms with Crippen molar-refractivity contribution in [2.24, 2.45) is 0 Å². The molecule has 0 saturated carbocycles. The monoisotopic (exact) mass is 325 g/mol. The lowest BCUT2D eigenvalue weighted by Crippen LogP contribution is -2.29. The normalized spacial score (nSPS) is 10.5. The molecule has 9 nitrogen and oxygen atoms in total. The number of nitrogens with one attached hydrogen (secondary N) is 4. The standard InChI is InChI=1S/C15H15N7O2/c1-2-17-15(24)20-13-9(7-16)12-10(8-19-13)14(23)22(21-12)11-5-3-4-6-18-11/h3-8,16,21H,2H2,1H3,(H2,17,19,20,24). The van der Waals surface area contributed by atoms with Crippen molar-refractivity contribution in [1.29, 1.82) is 5.41 Å². The zero-order chi connectivity index (χ0) is 17.1. The number of pyridine rings is 2. The third-order valence-electron chi connectivity index (χ3n) is 3.37. The molecule has 0 spiro atoms. The topological polar surface area (TPSA) is 129 Å². The third kappa shape index (κ3) is 2.62. The van der Waals surface area contributed by atoms with Crippen molar-refractivity contribution in [2.75, 3.05) is 11.9 Å². The number of urea groups is 1. The van der Waals surface area contributed by atoms with Crippen molar-refractivity contribution < 1.29 is 4.79 Å². The number of hydrogen-bond acceptors (Lipinski definition) is 5. The van der Waals surface area contributed by atoms with E-state index in [2.05, 4.69) is 25.7 Å². The third-order valence-corrected chi connectivity index (χ3v) is 3.37. The second-order valence-electron chi connectivity index (χ2n) is 4.88. The summed E-state index contributed by atoms with van der Waals surface area (Å²) >= 11 is 0. The first-order valence-electron chi connectivity index (χ1n) is 7.26. The highest BCUT2D eigenvalue weighted by Gasteiger charge is 2.16. The first-order chi connectivity index (χ1) is 11.7. The Balaban J connectivity index is 2.15. The van der Waals surface area contributed by atoms with Gasteiger partial charge < -0.3 is 10.7 Å².